The molecule has 1 N–H and O–H groups in total. The summed E-state index contributed by atoms with van der Waals surface area (Å²) < 4.78 is 1.51. The molecule has 0 saturated heterocycles. The van der Waals surface area contributed by atoms with E-state index in [9.17, 15) is 4.79 Å². The van der Waals surface area contributed by atoms with Crippen molar-refractivity contribution in [3.63, 3.8) is 0 Å². The van der Waals surface area contributed by atoms with Crippen molar-refractivity contribution in [1.29, 1.82) is 0 Å². The first-order valence-corrected chi connectivity index (χ1v) is 5.95. The fourth-order valence-electron chi connectivity index (χ4n) is 2.14. The van der Waals surface area contributed by atoms with Crippen LogP contribution in [-0.2, 0) is 0 Å². The molecule has 0 aliphatic rings. The maximum atomic E-state index is 12.1. The summed E-state index contributed by atoms with van der Waals surface area (Å²) in [6, 6.07) is 3.64. The summed E-state index contributed by atoms with van der Waals surface area (Å²) in [5.41, 5.74) is 2.10. The molecule has 0 fully saturated rings. The van der Waals surface area contributed by atoms with Gasteiger partial charge in [-0.1, -0.05) is 0 Å². The molecule has 0 aromatic carbocycles. The molecule has 0 atom stereocenters. The van der Waals surface area contributed by atoms with E-state index in [1.165, 1.54) is 11.0 Å². The Hall–Kier alpha value is -3.09. The molecule has 0 aliphatic carbocycles. The van der Waals surface area contributed by atoms with Crippen molar-refractivity contribution in [3.05, 3.63) is 53.6 Å². The lowest BCUT2D eigenvalue weighted by molar-refractivity contribution is 0.882. The van der Waals surface area contributed by atoms with Crippen molar-refractivity contribution in [2.24, 2.45) is 0 Å². The zero-order valence-corrected chi connectivity index (χ0v) is 10.2. The van der Waals surface area contributed by atoms with E-state index in [0.29, 0.717) is 11.2 Å². The van der Waals surface area contributed by atoms with Gasteiger partial charge in [-0.15, -0.1) is 0 Å². The number of fused-ring (bicyclic) bond motifs is 2. The predicted octanol–water partition coefficient (Wildman–Crippen LogP) is 1.05. The van der Waals surface area contributed by atoms with E-state index in [2.05, 4.69) is 25.0 Å². The number of rotatable bonds is 1. The Labute approximate surface area is 111 Å². The van der Waals surface area contributed by atoms with Gasteiger partial charge in [-0.3, -0.25) is 9.78 Å². The van der Waals surface area contributed by atoms with Gasteiger partial charge in [0.25, 0.3) is 5.56 Å². The number of nitrogens with one attached hydrogen (secondary N) is 1. The molecule has 0 unspecified atom stereocenters. The van der Waals surface area contributed by atoms with Crippen molar-refractivity contribution in [1.82, 2.24) is 29.7 Å². The minimum Gasteiger partial charge on any atom is -0.326 e. The summed E-state index contributed by atoms with van der Waals surface area (Å²) in [6.45, 7) is 0. The number of hydrogen-bond donors (Lipinski definition) is 1. The van der Waals surface area contributed by atoms with Gasteiger partial charge >= 0.3 is 0 Å². The number of aromatic nitrogens is 6. The Kier molecular flexibility index (Phi) is 2.13. The van der Waals surface area contributed by atoms with Gasteiger partial charge in [-0.25, -0.2) is 14.6 Å². The molecule has 0 aliphatic heterocycles. The van der Waals surface area contributed by atoms with E-state index in [1.54, 1.807) is 30.9 Å². The lowest BCUT2D eigenvalue weighted by Gasteiger charge is -2.03. The fourth-order valence-corrected chi connectivity index (χ4v) is 2.14. The normalized spacial score (nSPS) is 11.2. The Morgan fingerprint density at radius 3 is 3.05 bits per heavy atom. The zero-order valence-electron chi connectivity index (χ0n) is 10.2. The van der Waals surface area contributed by atoms with E-state index in [4.69, 9.17) is 0 Å². The molecule has 4 rings (SSSR count). The lowest BCUT2D eigenvalue weighted by atomic mass is 10.3. The van der Waals surface area contributed by atoms with Crippen molar-refractivity contribution >= 4 is 21.9 Å². The highest BCUT2D eigenvalue weighted by atomic mass is 16.1. The van der Waals surface area contributed by atoms with Crippen LogP contribution in [0.2, 0.25) is 0 Å². The van der Waals surface area contributed by atoms with Crippen LogP contribution in [-0.4, -0.2) is 29.7 Å². The van der Waals surface area contributed by atoms with Crippen LogP contribution in [0.4, 0.5) is 0 Å². The second kappa shape index (κ2) is 3.95. The molecule has 0 radical (unpaired) electrons. The Bertz CT molecular complexity index is 954. The molecule has 96 valence electrons. The zero-order chi connectivity index (χ0) is 13.5. The first-order chi connectivity index (χ1) is 9.83. The Balaban J connectivity index is 2.11. The average molecular weight is 264 g/mol. The van der Waals surface area contributed by atoms with E-state index in [1.807, 2.05) is 6.07 Å². The molecule has 7 heteroatoms. The molecule has 20 heavy (non-hydrogen) atoms. The highest BCUT2D eigenvalue weighted by Crippen LogP contribution is 2.16. The monoisotopic (exact) mass is 264 g/mol. The fraction of sp³-hybridized carbons (Fsp3) is 0. The third-order valence-electron chi connectivity index (χ3n) is 3.04. The maximum absolute atomic E-state index is 12.1. The number of nitrogens with zero attached hydrogens (tertiary/aromatic N) is 5. The summed E-state index contributed by atoms with van der Waals surface area (Å²) in [6.07, 6.45) is 8.03. The minimum absolute atomic E-state index is 0.260. The molecule has 4 aromatic heterocycles. The summed E-state index contributed by atoms with van der Waals surface area (Å²) in [4.78, 5) is 27.1. The number of hydrogen-bond acceptors (Lipinski definition) is 5. The summed E-state index contributed by atoms with van der Waals surface area (Å²) in [7, 11) is 0. The number of H-pyrrole nitrogens is 1. The largest absolute Gasteiger partial charge is 0.326 e. The Morgan fingerprint density at radius 1 is 1.20 bits per heavy atom. The second-order valence-electron chi connectivity index (χ2n) is 4.27. The maximum Gasteiger partial charge on any atom is 0.276 e. The van der Waals surface area contributed by atoms with Gasteiger partial charge in [0.05, 0.1) is 6.20 Å². The van der Waals surface area contributed by atoms with Gasteiger partial charge in [-0.05, 0) is 12.1 Å². The molecule has 0 amide bonds. The second-order valence-corrected chi connectivity index (χ2v) is 4.27. The van der Waals surface area contributed by atoms with Crippen LogP contribution >= 0.6 is 0 Å². The van der Waals surface area contributed by atoms with Gasteiger partial charge in [-0.2, -0.15) is 5.10 Å². The standard InChI is InChI=1S/C13H8N6O/c20-13-12(11-8(5-16-13)4-14-7-17-11)19-6-10-9(18-19)2-1-3-15-10/h1-7H,(H,16,20). The molecular weight excluding hydrogens is 256 g/mol. The van der Waals surface area contributed by atoms with Gasteiger partial charge < -0.3 is 4.98 Å². The molecule has 4 aromatic rings. The first-order valence-electron chi connectivity index (χ1n) is 5.95. The molecule has 0 saturated carbocycles. The summed E-state index contributed by atoms with van der Waals surface area (Å²) in [5.74, 6) is 0. The van der Waals surface area contributed by atoms with Crippen molar-refractivity contribution in [3.8, 4) is 5.69 Å². The van der Waals surface area contributed by atoms with Crippen molar-refractivity contribution < 1.29 is 0 Å². The summed E-state index contributed by atoms with van der Waals surface area (Å²) in [5, 5.41) is 5.11. The predicted molar refractivity (Wildman–Crippen MR) is 72.6 cm³/mol. The van der Waals surface area contributed by atoms with Crippen LogP contribution in [0.25, 0.3) is 27.6 Å². The molecule has 4 heterocycles. The van der Waals surface area contributed by atoms with Crippen LogP contribution in [0.1, 0.15) is 0 Å². The van der Waals surface area contributed by atoms with Crippen molar-refractivity contribution in [2.45, 2.75) is 0 Å². The average Bonchev–Trinajstić information content (AvgIpc) is 2.90. The minimum atomic E-state index is -0.260. The number of pyridine rings is 2. The lowest BCUT2D eigenvalue weighted by Crippen LogP contribution is -2.15. The van der Waals surface area contributed by atoms with E-state index < -0.39 is 0 Å². The highest BCUT2D eigenvalue weighted by Gasteiger charge is 2.12. The highest BCUT2D eigenvalue weighted by molar-refractivity contribution is 5.85. The van der Waals surface area contributed by atoms with Gasteiger partial charge in [0.15, 0.2) is 5.69 Å². The van der Waals surface area contributed by atoms with Crippen LogP contribution in [0.3, 0.4) is 0 Å². The number of aromatic amines is 1. The smallest absolute Gasteiger partial charge is 0.276 e. The van der Waals surface area contributed by atoms with Crippen LogP contribution in [0, 0.1) is 0 Å². The van der Waals surface area contributed by atoms with Crippen LogP contribution in [0.15, 0.2) is 48.0 Å². The van der Waals surface area contributed by atoms with E-state index in [-0.39, 0.29) is 5.56 Å². The van der Waals surface area contributed by atoms with Gasteiger partial charge in [0.1, 0.15) is 22.9 Å². The third-order valence-corrected chi connectivity index (χ3v) is 3.04. The first kappa shape index (κ1) is 10.8. The molecular formula is C13H8N6O. The van der Waals surface area contributed by atoms with Crippen LogP contribution in [0.5, 0.6) is 0 Å². The molecule has 7 nitrogen and oxygen atoms in total. The van der Waals surface area contributed by atoms with Gasteiger partial charge in [0, 0.05) is 24.0 Å². The van der Waals surface area contributed by atoms with Crippen LogP contribution < -0.4 is 5.56 Å². The topological polar surface area (TPSA) is 89.4 Å². The molecule has 0 spiro atoms. The van der Waals surface area contributed by atoms with Crippen molar-refractivity contribution in [2.75, 3.05) is 0 Å². The van der Waals surface area contributed by atoms with E-state index in [0.717, 1.165) is 16.4 Å². The van der Waals surface area contributed by atoms with E-state index >= 15 is 0 Å². The quantitative estimate of drug-likeness (QED) is 0.555. The Morgan fingerprint density at radius 2 is 2.15 bits per heavy atom. The van der Waals surface area contributed by atoms with Gasteiger partial charge in [0.2, 0.25) is 0 Å². The molecule has 0 bridgehead atoms. The third kappa shape index (κ3) is 1.50. The SMILES string of the molecule is O=c1[nH]cc2cncnc2c1-n1cc2ncccc2n1. The summed E-state index contributed by atoms with van der Waals surface area (Å²) >= 11 is 0.